The maximum atomic E-state index is 12.6. The molecule has 0 radical (unpaired) electrons. The van der Waals surface area contributed by atoms with Crippen LogP contribution in [-0.2, 0) is 13.0 Å². The van der Waals surface area contributed by atoms with E-state index in [9.17, 15) is 23.1 Å². The standard InChI is InChI=1S/C25H31F3N4O3/c26-25(27,28)17-31-11-7-22(8-12-31)35-23-13-19(5-9-29-23)24(34)30-14-21(33)16-32-10-6-18-3-1-2-4-20(18)15-32/h1-5,9,13,21-22,33H,6-8,10-12,14-17H2,(H,30,34)/t21-/m0/s1. The summed E-state index contributed by atoms with van der Waals surface area (Å²) in [6, 6.07) is 11.4. The summed E-state index contributed by atoms with van der Waals surface area (Å²) < 4.78 is 43.5. The van der Waals surface area contributed by atoms with Crippen LogP contribution in [0.4, 0.5) is 13.2 Å². The predicted octanol–water partition coefficient (Wildman–Crippen LogP) is 2.64. The highest BCUT2D eigenvalue weighted by Gasteiger charge is 2.33. The Morgan fingerprint density at radius 1 is 1.14 bits per heavy atom. The maximum absolute atomic E-state index is 12.6. The van der Waals surface area contributed by atoms with E-state index in [0.29, 0.717) is 38.0 Å². The van der Waals surface area contributed by atoms with Gasteiger partial charge in [-0.3, -0.25) is 14.6 Å². The summed E-state index contributed by atoms with van der Waals surface area (Å²) in [5.74, 6) is -0.0836. The molecule has 1 amide bonds. The molecule has 2 aliphatic rings. The van der Waals surface area contributed by atoms with Gasteiger partial charge in [0.1, 0.15) is 6.10 Å². The number of carbonyl (C=O) groups is 1. The maximum Gasteiger partial charge on any atom is 0.401 e. The number of benzene rings is 1. The topological polar surface area (TPSA) is 77.9 Å². The molecular formula is C25H31F3N4O3. The van der Waals surface area contributed by atoms with Crippen LogP contribution >= 0.6 is 0 Å². The van der Waals surface area contributed by atoms with Gasteiger partial charge in [-0.25, -0.2) is 4.98 Å². The highest BCUT2D eigenvalue weighted by atomic mass is 19.4. The largest absolute Gasteiger partial charge is 0.474 e. The number of hydrogen-bond donors (Lipinski definition) is 2. The number of pyridine rings is 1. The van der Waals surface area contributed by atoms with Crippen molar-refractivity contribution in [3.05, 3.63) is 59.3 Å². The number of likely N-dealkylation sites (tertiary alicyclic amines) is 1. The third-order valence-electron chi connectivity index (χ3n) is 6.40. The first kappa shape index (κ1) is 25.4. The molecule has 2 aromatic rings. The summed E-state index contributed by atoms with van der Waals surface area (Å²) in [4.78, 5) is 20.3. The van der Waals surface area contributed by atoms with Crippen LogP contribution in [-0.4, -0.2) is 83.5 Å². The molecule has 190 valence electrons. The zero-order valence-corrected chi connectivity index (χ0v) is 19.5. The Kier molecular flexibility index (Phi) is 8.25. The van der Waals surface area contributed by atoms with E-state index in [-0.39, 0.29) is 24.4 Å². The number of fused-ring (bicyclic) bond motifs is 1. The summed E-state index contributed by atoms with van der Waals surface area (Å²) in [7, 11) is 0. The molecule has 0 bridgehead atoms. The Hall–Kier alpha value is -2.69. The number of aliphatic hydroxyl groups excluding tert-OH is 1. The number of nitrogens with zero attached hydrogens (tertiary/aromatic N) is 3. The molecule has 4 rings (SSSR count). The third-order valence-corrected chi connectivity index (χ3v) is 6.40. The van der Waals surface area contributed by atoms with E-state index in [1.54, 1.807) is 6.07 Å². The monoisotopic (exact) mass is 492 g/mol. The molecule has 0 spiro atoms. The zero-order chi connectivity index (χ0) is 24.8. The Balaban J connectivity index is 1.21. The summed E-state index contributed by atoms with van der Waals surface area (Å²) in [6.45, 7) is 1.91. The predicted molar refractivity (Wildman–Crippen MR) is 124 cm³/mol. The van der Waals surface area contributed by atoms with Gasteiger partial charge in [-0.2, -0.15) is 13.2 Å². The van der Waals surface area contributed by atoms with Crippen molar-refractivity contribution in [1.82, 2.24) is 20.1 Å². The molecule has 10 heteroatoms. The lowest BCUT2D eigenvalue weighted by Crippen LogP contribution is -2.43. The zero-order valence-electron chi connectivity index (χ0n) is 19.5. The number of alkyl halides is 3. The van der Waals surface area contributed by atoms with Crippen LogP contribution in [0.3, 0.4) is 0 Å². The fourth-order valence-corrected chi connectivity index (χ4v) is 4.61. The van der Waals surface area contributed by atoms with E-state index in [1.165, 1.54) is 28.3 Å². The molecule has 1 atom stereocenters. The van der Waals surface area contributed by atoms with Gasteiger partial charge in [0.25, 0.3) is 5.91 Å². The van der Waals surface area contributed by atoms with Crippen molar-refractivity contribution in [3.63, 3.8) is 0 Å². The number of halogens is 3. The van der Waals surface area contributed by atoms with E-state index < -0.39 is 18.8 Å². The number of ether oxygens (including phenoxy) is 1. The lowest BCUT2D eigenvalue weighted by atomic mass is 10.00. The Bertz CT molecular complexity index is 996. The molecule has 1 fully saturated rings. The number of aliphatic hydroxyl groups is 1. The number of carbonyl (C=O) groups excluding carboxylic acids is 1. The normalized spacial score (nSPS) is 18.6. The quantitative estimate of drug-likeness (QED) is 0.590. The SMILES string of the molecule is O=C(NC[C@H](O)CN1CCc2ccccc2C1)c1ccnc(OC2CCN(CC(F)(F)F)CC2)c1. The summed E-state index contributed by atoms with van der Waals surface area (Å²) in [5, 5.41) is 13.2. The second kappa shape index (κ2) is 11.4. The van der Waals surface area contributed by atoms with Crippen LogP contribution < -0.4 is 10.1 Å². The van der Waals surface area contributed by atoms with Crippen molar-refractivity contribution in [1.29, 1.82) is 0 Å². The number of aromatic nitrogens is 1. The second-order valence-electron chi connectivity index (χ2n) is 9.21. The second-order valence-corrected chi connectivity index (χ2v) is 9.21. The lowest BCUT2D eigenvalue weighted by molar-refractivity contribution is -0.149. The Labute approximate surface area is 202 Å². The highest BCUT2D eigenvalue weighted by molar-refractivity contribution is 5.94. The van der Waals surface area contributed by atoms with Gasteiger partial charge in [-0.1, -0.05) is 24.3 Å². The lowest BCUT2D eigenvalue weighted by Gasteiger charge is -2.32. The third kappa shape index (κ3) is 7.65. The van der Waals surface area contributed by atoms with Crippen molar-refractivity contribution in [3.8, 4) is 5.88 Å². The summed E-state index contributed by atoms with van der Waals surface area (Å²) in [5.41, 5.74) is 2.96. The molecular weight excluding hydrogens is 461 g/mol. The first-order valence-electron chi connectivity index (χ1n) is 11.9. The van der Waals surface area contributed by atoms with Crippen LogP contribution in [0, 0.1) is 0 Å². The number of amides is 1. The first-order chi connectivity index (χ1) is 16.7. The number of nitrogens with one attached hydrogen (secondary N) is 1. The van der Waals surface area contributed by atoms with Crippen molar-refractivity contribution >= 4 is 5.91 Å². The van der Waals surface area contributed by atoms with Crippen LogP contribution in [0.5, 0.6) is 5.88 Å². The van der Waals surface area contributed by atoms with Gasteiger partial charge in [0.05, 0.1) is 12.6 Å². The van der Waals surface area contributed by atoms with Gasteiger partial charge in [-0.15, -0.1) is 0 Å². The molecule has 35 heavy (non-hydrogen) atoms. The summed E-state index contributed by atoms with van der Waals surface area (Å²) >= 11 is 0. The molecule has 1 saturated heterocycles. The van der Waals surface area contributed by atoms with Crippen LogP contribution in [0.25, 0.3) is 0 Å². The molecule has 2 N–H and O–H groups in total. The smallest absolute Gasteiger partial charge is 0.401 e. The molecule has 7 nitrogen and oxygen atoms in total. The summed E-state index contributed by atoms with van der Waals surface area (Å²) in [6.07, 6.45) is -1.83. The minimum absolute atomic E-state index is 0.118. The van der Waals surface area contributed by atoms with Gasteiger partial charge >= 0.3 is 6.18 Å². The number of hydrogen-bond acceptors (Lipinski definition) is 6. The van der Waals surface area contributed by atoms with Gasteiger partial charge in [-0.05, 0) is 36.5 Å². The first-order valence-corrected chi connectivity index (χ1v) is 11.9. The van der Waals surface area contributed by atoms with Crippen LogP contribution in [0.15, 0.2) is 42.6 Å². The van der Waals surface area contributed by atoms with Crippen LogP contribution in [0.1, 0.15) is 34.3 Å². The number of β-amino-alcohol motifs (C(OH)–C–C–N with tert-alkyl or cyclic N) is 1. The highest BCUT2D eigenvalue weighted by Crippen LogP contribution is 2.22. The van der Waals surface area contributed by atoms with Gasteiger partial charge in [0.15, 0.2) is 0 Å². The molecule has 0 unspecified atom stereocenters. The van der Waals surface area contributed by atoms with Crippen molar-refractivity contribution < 1.29 is 27.8 Å². The van der Waals surface area contributed by atoms with Gasteiger partial charge in [0.2, 0.25) is 5.88 Å². The van der Waals surface area contributed by atoms with Crippen molar-refractivity contribution in [2.45, 2.75) is 44.2 Å². The van der Waals surface area contributed by atoms with Crippen LogP contribution in [0.2, 0.25) is 0 Å². The minimum Gasteiger partial charge on any atom is -0.474 e. The number of piperidine rings is 1. The van der Waals surface area contributed by atoms with E-state index in [4.69, 9.17) is 4.74 Å². The molecule has 2 aliphatic heterocycles. The molecule has 0 aliphatic carbocycles. The molecule has 1 aromatic carbocycles. The fourth-order valence-electron chi connectivity index (χ4n) is 4.61. The average Bonchev–Trinajstić information content (AvgIpc) is 2.83. The Morgan fingerprint density at radius 2 is 1.89 bits per heavy atom. The fraction of sp³-hybridized carbons (Fsp3) is 0.520. The van der Waals surface area contributed by atoms with Gasteiger partial charge in [0, 0.05) is 57.1 Å². The van der Waals surface area contributed by atoms with E-state index in [2.05, 4.69) is 27.3 Å². The van der Waals surface area contributed by atoms with E-state index in [0.717, 1.165) is 19.5 Å². The Morgan fingerprint density at radius 3 is 2.63 bits per heavy atom. The molecule has 1 aromatic heterocycles. The van der Waals surface area contributed by atoms with Crippen molar-refractivity contribution in [2.24, 2.45) is 0 Å². The molecule has 3 heterocycles. The van der Waals surface area contributed by atoms with E-state index >= 15 is 0 Å². The van der Waals surface area contributed by atoms with E-state index in [1.807, 2.05) is 12.1 Å². The average molecular weight is 493 g/mol. The number of rotatable bonds is 8. The van der Waals surface area contributed by atoms with Gasteiger partial charge < -0.3 is 15.2 Å². The molecule has 0 saturated carbocycles. The minimum atomic E-state index is -4.20. The van der Waals surface area contributed by atoms with Crippen molar-refractivity contribution in [2.75, 3.05) is 39.3 Å².